The molecular weight excluding hydrogens is 246 g/mol. The first-order chi connectivity index (χ1) is 9.20. The third-order valence-corrected chi connectivity index (χ3v) is 3.01. The second kappa shape index (κ2) is 6.75. The molecular formula is C14H21NO4. The van der Waals surface area contributed by atoms with Crippen LogP contribution in [-0.4, -0.2) is 37.7 Å². The van der Waals surface area contributed by atoms with Gasteiger partial charge in [0.15, 0.2) is 11.5 Å². The molecule has 5 heteroatoms. The van der Waals surface area contributed by atoms with E-state index in [0.717, 1.165) is 11.3 Å². The van der Waals surface area contributed by atoms with E-state index >= 15 is 0 Å². The fourth-order valence-corrected chi connectivity index (χ4v) is 1.90. The van der Waals surface area contributed by atoms with Crippen LogP contribution in [0.1, 0.15) is 25.5 Å². The number of ether oxygens (including phenoxy) is 3. The van der Waals surface area contributed by atoms with Gasteiger partial charge in [0.1, 0.15) is 0 Å². The summed E-state index contributed by atoms with van der Waals surface area (Å²) < 4.78 is 15.8. The third-order valence-electron chi connectivity index (χ3n) is 3.01. The van der Waals surface area contributed by atoms with Gasteiger partial charge in [0.05, 0.1) is 12.7 Å². The maximum Gasteiger partial charge on any atom is 0.231 e. The standard InChI is InChI=1S/C14H21NO4/c1-3-17-8-10(2)15-7-12(16)11-4-5-13-14(6-11)19-9-18-13/h4-6,10,12,15-16H,3,7-9H2,1-2H3. The minimum Gasteiger partial charge on any atom is -0.454 e. The van der Waals surface area contributed by atoms with E-state index in [2.05, 4.69) is 5.32 Å². The summed E-state index contributed by atoms with van der Waals surface area (Å²) in [6, 6.07) is 5.71. The summed E-state index contributed by atoms with van der Waals surface area (Å²) in [6.45, 7) is 6.07. The number of hydrogen-bond donors (Lipinski definition) is 2. The lowest BCUT2D eigenvalue weighted by atomic mass is 10.1. The lowest BCUT2D eigenvalue weighted by Crippen LogP contribution is -2.33. The fraction of sp³-hybridized carbons (Fsp3) is 0.571. The van der Waals surface area contributed by atoms with Crippen LogP contribution in [0.3, 0.4) is 0 Å². The topological polar surface area (TPSA) is 60.0 Å². The van der Waals surface area contributed by atoms with Gasteiger partial charge in [0, 0.05) is 19.2 Å². The smallest absolute Gasteiger partial charge is 0.231 e. The highest BCUT2D eigenvalue weighted by Crippen LogP contribution is 2.34. The van der Waals surface area contributed by atoms with Crippen molar-refractivity contribution in [2.75, 3.05) is 26.6 Å². The van der Waals surface area contributed by atoms with Crippen molar-refractivity contribution in [3.63, 3.8) is 0 Å². The molecule has 0 aromatic heterocycles. The van der Waals surface area contributed by atoms with Crippen molar-refractivity contribution in [3.8, 4) is 11.5 Å². The molecule has 5 nitrogen and oxygen atoms in total. The summed E-state index contributed by atoms with van der Waals surface area (Å²) >= 11 is 0. The van der Waals surface area contributed by atoms with Crippen LogP contribution in [0, 0.1) is 0 Å². The summed E-state index contributed by atoms with van der Waals surface area (Å²) in [5, 5.41) is 13.4. The normalized spacial score (nSPS) is 16.4. The number of aliphatic hydroxyl groups is 1. The highest BCUT2D eigenvalue weighted by atomic mass is 16.7. The van der Waals surface area contributed by atoms with E-state index in [1.807, 2.05) is 32.0 Å². The van der Waals surface area contributed by atoms with Crippen LogP contribution in [-0.2, 0) is 4.74 Å². The van der Waals surface area contributed by atoms with Gasteiger partial charge in [0.25, 0.3) is 0 Å². The Labute approximate surface area is 113 Å². The van der Waals surface area contributed by atoms with Crippen molar-refractivity contribution < 1.29 is 19.3 Å². The molecule has 1 aromatic carbocycles. The Morgan fingerprint density at radius 1 is 1.37 bits per heavy atom. The number of nitrogens with one attached hydrogen (secondary N) is 1. The second-order valence-electron chi connectivity index (χ2n) is 4.60. The zero-order valence-corrected chi connectivity index (χ0v) is 11.4. The van der Waals surface area contributed by atoms with E-state index in [4.69, 9.17) is 14.2 Å². The maximum atomic E-state index is 10.1. The molecule has 106 valence electrons. The molecule has 0 fully saturated rings. The van der Waals surface area contributed by atoms with Crippen molar-refractivity contribution in [2.24, 2.45) is 0 Å². The summed E-state index contributed by atoms with van der Waals surface area (Å²) in [6.07, 6.45) is -0.571. The molecule has 0 saturated heterocycles. The maximum absolute atomic E-state index is 10.1. The molecule has 0 radical (unpaired) electrons. The zero-order valence-electron chi connectivity index (χ0n) is 11.4. The third kappa shape index (κ3) is 3.83. The van der Waals surface area contributed by atoms with Gasteiger partial charge in [-0.05, 0) is 31.5 Å². The van der Waals surface area contributed by atoms with E-state index in [9.17, 15) is 5.11 Å². The second-order valence-corrected chi connectivity index (χ2v) is 4.60. The fourth-order valence-electron chi connectivity index (χ4n) is 1.90. The van der Waals surface area contributed by atoms with Gasteiger partial charge in [-0.15, -0.1) is 0 Å². The van der Waals surface area contributed by atoms with Crippen LogP contribution in [0.15, 0.2) is 18.2 Å². The van der Waals surface area contributed by atoms with Crippen LogP contribution in [0.2, 0.25) is 0 Å². The molecule has 0 saturated carbocycles. The number of fused-ring (bicyclic) bond motifs is 1. The van der Waals surface area contributed by atoms with E-state index in [1.54, 1.807) is 0 Å². The highest BCUT2D eigenvalue weighted by molar-refractivity contribution is 5.45. The van der Waals surface area contributed by atoms with Gasteiger partial charge >= 0.3 is 0 Å². The highest BCUT2D eigenvalue weighted by Gasteiger charge is 2.16. The summed E-state index contributed by atoms with van der Waals surface area (Å²) in [5.41, 5.74) is 0.820. The predicted molar refractivity (Wildman–Crippen MR) is 71.5 cm³/mol. The average Bonchev–Trinajstić information content (AvgIpc) is 2.89. The van der Waals surface area contributed by atoms with Gasteiger partial charge in [-0.1, -0.05) is 6.07 Å². The summed E-state index contributed by atoms with van der Waals surface area (Å²) in [5.74, 6) is 1.42. The lowest BCUT2D eigenvalue weighted by Gasteiger charge is -2.17. The molecule has 2 N–H and O–H groups in total. The van der Waals surface area contributed by atoms with Crippen molar-refractivity contribution in [1.29, 1.82) is 0 Å². The van der Waals surface area contributed by atoms with E-state index in [1.165, 1.54) is 0 Å². The van der Waals surface area contributed by atoms with E-state index in [0.29, 0.717) is 25.5 Å². The molecule has 1 aromatic rings. The lowest BCUT2D eigenvalue weighted by molar-refractivity contribution is 0.115. The Balaban J connectivity index is 1.84. The Kier molecular flexibility index (Phi) is 5.01. The van der Waals surface area contributed by atoms with E-state index in [-0.39, 0.29) is 12.8 Å². The molecule has 0 bridgehead atoms. The molecule has 0 spiro atoms. The Morgan fingerprint density at radius 2 is 2.16 bits per heavy atom. The van der Waals surface area contributed by atoms with Gasteiger partial charge < -0.3 is 24.6 Å². The molecule has 0 amide bonds. The van der Waals surface area contributed by atoms with Gasteiger partial charge in [0.2, 0.25) is 6.79 Å². The largest absolute Gasteiger partial charge is 0.454 e. The van der Waals surface area contributed by atoms with Crippen molar-refractivity contribution in [1.82, 2.24) is 5.32 Å². The Bertz CT molecular complexity index is 410. The SMILES string of the molecule is CCOCC(C)NCC(O)c1ccc2c(c1)OCO2. The van der Waals surface area contributed by atoms with Crippen molar-refractivity contribution in [2.45, 2.75) is 26.0 Å². The number of aliphatic hydroxyl groups excluding tert-OH is 1. The molecule has 1 heterocycles. The molecule has 1 aliphatic rings. The minimum absolute atomic E-state index is 0.212. The Morgan fingerprint density at radius 3 is 2.95 bits per heavy atom. The first-order valence-electron chi connectivity index (χ1n) is 6.59. The van der Waals surface area contributed by atoms with Gasteiger partial charge in [-0.2, -0.15) is 0 Å². The van der Waals surface area contributed by atoms with Crippen molar-refractivity contribution in [3.05, 3.63) is 23.8 Å². The van der Waals surface area contributed by atoms with Gasteiger partial charge in [-0.3, -0.25) is 0 Å². The monoisotopic (exact) mass is 267 g/mol. The predicted octanol–water partition coefficient (Wildman–Crippen LogP) is 1.46. The minimum atomic E-state index is -0.571. The first kappa shape index (κ1) is 14.1. The molecule has 2 unspecified atom stereocenters. The number of rotatable bonds is 7. The molecule has 2 rings (SSSR count). The first-order valence-corrected chi connectivity index (χ1v) is 6.59. The van der Waals surface area contributed by atoms with Crippen LogP contribution in [0.25, 0.3) is 0 Å². The van der Waals surface area contributed by atoms with Crippen LogP contribution in [0.4, 0.5) is 0 Å². The Hall–Kier alpha value is -1.30. The average molecular weight is 267 g/mol. The van der Waals surface area contributed by atoms with Gasteiger partial charge in [-0.25, -0.2) is 0 Å². The molecule has 19 heavy (non-hydrogen) atoms. The molecule has 0 aliphatic carbocycles. The van der Waals surface area contributed by atoms with E-state index < -0.39 is 6.10 Å². The van der Waals surface area contributed by atoms with Crippen LogP contribution in [0.5, 0.6) is 11.5 Å². The zero-order chi connectivity index (χ0) is 13.7. The van der Waals surface area contributed by atoms with Crippen LogP contribution >= 0.6 is 0 Å². The summed E-state index contributed by atoms with van der Waals surface area (Å²) in [4.78, 5) is 0. The summed E-state index contributed by atoms with van der Waals surface area (Å²) in [7, 11) is 0. The number of hydrogen-bond acceptors (Lipinski definition) is 5. The molecule has 2 atom stereocenters. The number of benzene rings is 1. The quantitative estimate of drug-likeness (QED) is 0.783. The van der Waals surface area contributed by atoms with Crippen LogP contribution < -0.4 is 14.8 Å². The molecule has 1 aliphatic heterocycles. The van der Waals surface area contributed by atoms with Crippen molar-refractivity contribution >= 4 is 0 Å².